The number of aryl methyl sites for hydroxylation is 3. The van der Waals surface area contributed by atoms with Gasteiger partial charge in [-0.1, -0.05) is 24.6 Å². The van der Waals surface area contributed by atoms with Crippen LogP contribution in [0, 0.1) is 6.92 Å². The molecule has 2 heterocycles. The van der Waals surface area contributed by atoms with Gasteiger partial charge in [-0.25, -0.2) is 0 Å². The lowest BCUT2D eigenvalue weighted by Gasteiger charge is -2.05. The van der Waals surface area contributed by atoms with Gasteiger partial charge >= 0.3 is 0 Å². The van der Waals surface area contributed by atoms with Crippen molar-refractivity contribution in [2.75, 3.05) is 0 Å². The molecule has 0 aliphatic rings. The van der Waals surface area contributed by atoms with E-state index in [0.717, 1.165) is 23.5 Å². The summed E-state index contributed by atoms with van der Waals surface area (Å²) in [5.41, 5.74) is 2.93. The lowest BCUT2D eigenvalue weighted by Crippen LogP contribution is -2.11. The minimum absolute atomic E-state index is 0.0344. The Morgan fingerprint density at radius 2 is 2.10 bits per heavy atom. The quantitative estimate of drug-likeness (QED) is 0.795. The number of hydrogen-bond acceptors (Lipinski definition) is 3. The second-order valence-corrected chi connectivity index (χ2v) is 5.02. The molecule has 0 aromatic carbocycles. The fraction of sp³-hybridized carbons (Fsp3) is 0.400. The minimum atomic E-state index is -0.0344. The average Bonchev–Trinajstić information content (AvgIpc) is 2.75. The molecule has 4 nitrogen and oxygen atoms in total. The van der Waals surface area contributed by atoms with E-state index < -0.39 is 0 Å². The van der Waals surface area contributed by atoms with Gasteiger partial charge in [0, 0.05) is 12.2 Å². The van der Waals surface area contributed by atoms with Gasteiger partial charge in [0.2, 0.25) is 0 Å². The van der Waals surface area contributed by atoms with Gasteiger partial charge < -0.3 is 0 Å². The van der Waals surface area contributed by atoms with Crippen molar-refractivity contribution in [3.63, 3.8) is 0 Å². The maximum atomic E-state index is 12.3. The van der Waals surface area contributed by atoms with Crippen molar-refractivity contribution in [3.8, 4) is 0 Å². The molecule has 0 saturated carbocycles. The summed E-state index contributed by atoms with van der Waals surface area (Å²) in [7, 11) is 0. The lowest BCUT2D eigenvalue weighted by atomic mass is 10.1. The third-order valence-corrected chi connectivity index (χ3v) is 3.63. The van der Waals surface area contributed by atoms with Crippen LogP contribution in [0.25, 0.3) is 0 Å². The molecule has 2 rings (SSSR count). The highest BCUT2D eigenvalue weighted by atomic mass is 35.5. The van der Waals surface area contributed by atoms with Crippen LogP contribution in [0.15, 0.2) is 18.2 Å². The van der Waals surface area contributed by atoms with Crippen LogP contribution >= 0.6 is 11.6 Å². The molecule has 0 bridgehead atoms. The molecule has 0 atom stereocenters. The van der Waals surface area contributed by atoms with Crippen LogP contribution in [0.1, 0.15) is 41.4 Å². The number of Topliss-reactive ketones (excluding diaryl/α,β-unsaturated/α-hetero) is 1. The van der Waals surface area contributed by atoms with Crippen molar-refractivity contribution in [2.45, 2.75) is 40.2 Å². The summed E-state index contributed by atoms with van der Waals surface area (Å²) in [5.74, 6) is -0.0344. The van der Waals surface area contributed by atoms with E-state index in [9.17, 15) is 4.79 Å². The number of pyridine rings is 1. The van der Waals surface area contributed by atoms with Crippen LogP contribution in [-0.2, 0) is 19.4 Å². The van der Waals surface area contributed by atoms with Gasteiger partial charge in [0.25, 0.3) is 0 Å². The molecule has 0 aliphatic carbocycles. The number of hydrogen-bond donors (Lipinski definition) is 0. The summed E-state index contributed by atoms with van der Waals surface area (Å²) in [6.45, 7) is 6.56. The Kier molecular flexibility index (Phi) is 4.55. The van der Waals surface area contributed by atoms with Gasteiger partial charge in [0.1, 0.15) is 5.69 Å². The number of halogens is 1. The predicted octanol–water partition coefficient (Wildman–Crippen LogP) is 3.25. The van der Waals surface area contributed by atoms with Crippen LogP contribution in [0.3, 0.4) is 0 Å². The van der Waals surface area contributed by atoms with Crippen LogP contribution < -0.4 is 0 Å². The Labute approximate surface area is 123 Å². The van der Waals surface area contributed by atoms with Crippen LogP contribution in [0.2, 0.25) is 5.02 Å². The molecule has 0 fully saturated rings. The summed E-state index contributed by atoms with van der Waals surface area (Å²) in [5, 5.41) is 5.03. The van der Waals surface area contributed by atoms with Crippen molar-refractivity contribution in [2.24, 2.45) is 0 Å². The summed E-state index contributed by atoms with van der Waals surface area (Å²) >= 11 is 6.32. The standard InChI is InChI=1S/C15H18ClN3O/c1-4-11-15(16)13(19(5-2)18-11)9-14(20)12-8-6-7-10(3)17-12/h6-8H,4-5,9H2,1-3H3. The van der Waals surface area contributed by atoms with Crippen LogP contribution in [0.5, 0.6) is 0 Å². The third kappa shape index (κ3) is 2.90. The third-order valence-electron chi connectivity index (χ3n) is 3.20. The Morgan fingerprint density at radius 1 is 1.35 bits per heavy atom. The molecule has 106 valence electrons. The van der Waals surface area contributed by atoms with Crippen LogP contribution in [0.4, 0.5) is 0 Å². The monoisotopic (exact) mass is 291 g/mol. The SMILES string of the molecule is CCc1nn(CC)c(CC(=O)c2cccc(C)n2)c1Cl. The van der Waals surface area contributed by atoms with E-state index in [-0.39, 0.29) is 12.2 Å². The molecule has 0 N–H and O–H groups in total. The molecular formula is C15H18ClN3O. The highest BCUT2D eigenvalue weighted by Crippen LogP contribution is 2.23. The summed E-state index contributed by atoms with van der Waals surface area (Å²) in [6, 6.07) is 5.44. The van der Waals surface area contributed by atoms with E-state index in [0.29, 0.717) is 17.3 Å². The molecule has 0 saturated heterocycles. The molecule has 0 spiro atoms. The topological polar surface area (TPSA) is 47.8 Å². The normalized spacial score (nSPS) is 10.8. The number of ketones is 1. The lowest BCUT2D eigenvalue weighted by molar-refractivity contribution is 0.0985. The van der Waals surface area contributed by atoms with E-state index in [1.165, 1.54) is 0 Å². The second-order valence-electron chi connectivity index (χ2n) is 4.64. The average molecular weight is 292 g/mol. The van der Waals surface area contributed by atoms with Gasteiger partial charge in [-0.2, -0.15) is 5.10 Å². The van der Waals surface area contributed by atoms with E-state index >= 15 is 0 Å². The van der Waals surface area contributed by atoms with E-state index in [1.807, 2.05) is 32.9 Å². The summed E-state index contributed by atoms with van der Waals surface area (Å²) < 4.78 is 1.80. The zero-order chi connectivity index (χ0) is 14.7. The fourth-order valence-corrected chi connectivity index (χ4v) is 2.46. The van der Waals surface area contributed by atoms with Gasteiger partial charge in [-0.15, -0.1) is 0 Å². The van der Waals surface area contributed by atoms with Crippen molar-refractivity contribution >= 4 is 17.4 Å². The van der Waals surface area contributed by atoms with Gasteiger partial charge in [0.15, 0.2) is 5.78 Å². The Hall–Kier alpha value is -1.68. The van der Waals surface area contributed by atoms with Crippen LogP contribution in [-0.4, -0.2) is 20.5 Å². The van der Waals surface area contributed by atoms with E-state index in [4.69, 9.17) is 11.6 Å². The molecule has 0 amide bonds. The first-order valence-corrected chi connectivity index (χ1v) is 7.15. The van der Waals surface area contributed by atoms with Gasteiger partial charge in [-0.05, 0) is 32.4 Å². The predicted molar refractivity (Wildman–Crippen MR) is 79.3 cm³/mol. The molecule has 0 aliphatic heterocycles. The number of carbonyl (C=O) groups is 1. The maximum absolute atomic E-state index is 12.3. The van der Waals surface area contributed by atoms with Crippen molar-refractivity contribution in [1.82, 2.24) is 14.8 Å². The minimum Gasteiger partial charge on any atom is -0.292 e. The fourth-order valence-electron chi connectivity index (χ4n) is 2.13. The van der Waals surface area contributed by atoms with Crippen molar-refractivity contribution in [3.05, 3.63) is 46.0 Å². The smallest absolute Gasteiger partial charge is 0.187 e. The van der Waals surface area contributed by atoms with Crippen molar-refractivity contribution in [1.29, 1.82) is 0 Å². The Morgan fingerprint density at radius 3 is 2.70 bits per heavy atom. The highest BCUT2D eigenvalue weighted by Gasteiger charge is 2.18. The maximum Gasteiger partial charge on any atom is 0.187 e. The van der Waals surface area contributed by atoms with Gasteiger partial charge in [-0.3, -0.25) is 14.5 Å². The molecule has 0 unspecified atom stereocenters. The first-order chi connectivity index (χ1) is 9.56. The highest BCUT2D eigenvalue weighted by molar-refractivity contribution is 6.32. The molecule has 20 heavy (non-hydrogen) atoms. The number of carbonyl (C=O) groups excluding carboxylic acids is 1. The molecular weight excluding hydrogens is 274 g/mol. The van der Waals surface area contributed by atoms with Gasteiger partial charge in [0.05, 0.1) is 22.8 Å². The zero-order valence-corrected chi connectivity index (χ0v) is 12.7. The van der Waals surface area contributed by atoms with Crippen molar-refractivity contribution < 1.29 is 4.79 Å². The molecule has 2 aromatic heterocycles. The zero-order valence-electron chi connectivity index (χ0n) is 12.0. The second kappa shape index (κ2) is 6.18. The Bertz CT molecular complexity index is 634. The number of nitrogens with zero attached hydrogens (tertiary/aromatic N) is 3. The first kappa shape index (κ1) is 14.7. The largest absolute Gasteiger partial charge is 0.292 e. The molecule has 0 radical (unpaired) electrons. The van der Waals surface area contributed by atoms with E-state index in [2.05, 4.69) is 10.1 Å². The molecule has 2 aromatic rings. The number of aromatic nitrogens is 3. The Balaban J connectivity index is 2.30. The molecule has 5 heteroatoms. The summed E-state index contributed by atoms with van der Waals surface area (Å²) in [4.78, 5) is 16.6. The number of rotatable bonds is 5. The summed E-state index contributed by atoms with van der Waals surface area (Å²) in [6.07, 6.45) is 0.992. The van der Waals surface area contributed by atoms with E-state index in [1.54, 1.807) is 10.7 Å². The first-order valence-electron chi connectivity index (χ1n) is 6.77.